The van der Waals surface area contributed by atoms with Crippen LogP contribution in [0.4, 0.5) is 0 Å². The van der Waals surface area contributed by atoms with Crippen LogP contribution in [0.1, 0.15) is 27.7 Å². The zero-order chi connectivity index (χ0) is 15.6. The van der Waals surface area contributed by atoms with Crippen molar-refractivity contribution in [1.82, 2.24) is 0 Å². The zero-order valence-corrected chi connectivity index (χ0v) is 11.8. The average molecular weight is 313 g/mol. The van der Waals surface area contributed by atoms with Crippen LogP contribution in [-0.4, -0.2) is 20.6 Å². The Bertz CT molecular complexity index is 188. The van der Waals surface area contributed by atoms with E-state index in [1.165, 1.54) is 0 Å². The maximum Gasteiger partial charge on any atom is 0.282 e. The molecule has 0 bridgehead atoms. The molecule has 0 aromatic heterocycles. The van der Waals surface area contributed by atoms with Crippen molar-refractivity contribution >= 4 is 0 Å². The van der Waals surface area contributed by atoms with E-state index in [1.807, 2.05) is 0 Å². The van der Waals surface area contributed by atoms with Gasteiger partial charge < -0.3 is 30.1 Å². The molecule has 0 atom stereocenters. The summed E-state index contributed by atoms with van der Waals surface area (Å²) in [6.07, 6.45) is 0. The lowest BCUT2D eigenvalue weighted by Gasteiger charge is -2.15. The molecule has 0 aromatic carbocycles. The molecule has 0 amide bonds. The van der Waals surface area contributed by atoms with Crippen molar-refractivity contribution in [3.8, 4) is 0 Å². The van der Waals surface area contributed by atoms with Crippen LogP contribution >= 0.6 is 0 Å². The fraction of sp³-hybridized carbons (Fsp3) is 1.00. The summed E-state index contributed by atoms with van der Waals surface area (Å²) in [5, 5.41) is 7.61. The molecule has 0 aliphatic carbocycles. The molecule has 18 heavy (non-hydrogen) atoms. The van der Waals surface area contributed by atoms with Gasteiger partial charge in [0.25, 0.3) is 21.6 Å². The number of nitrogens with zero attached hydrogens (tertiary/aromatic N) is 2. The average Bonchev–Trinajstić information content (AvgIpc) is 1.95. The number of halogens is 2. The van der Waals surface area contributed by atoms with Gasteiger partial charge in [-0.15, -0.1) is 0 Å². The van der Waals surface area contributed by atoms with Gasteiger partial charge in [0.2, 0.25) is 0 Å². The molecule has 112 valence electrons. The van der Waals surface area contributed by atoms with Gasteiger partial charge in [-0.1, -0.05) is 0 Å². The van der Waals surface area contributed by atoms with Gasteiger partial charge in [0.1, 0.15) is 11.3 Å². The Morgan fingerprint density at radius 3 is 0.944 bits per heavy atom. The molecule has 0 aliphatic rings. The van der Waals surface area contributed by atoms with Crippen molar-refractivity contribution in [2.45, 2.75) is 39.0 Å². The molecular weight excluding hydrogens is 295 g/mol. The fourth-order valence-electron chi connectivity index (χ4n) is 0.258. The van der Waals surface area contributed by atoms with Crippen molar-refractivity contribution in [2.75, 3.05) is 0 Å². The number of hydrogen-bond donors (Lipinski definition) is 4. The Labute approximate surface area is 111 Å². The van der Waals surface area contributed by atoms with Crippen molar-refractivity contribution in [2.24, 2.45) is 21.7 Å². The molecular formula is C6H18Cl2N4O6. The lowest BCUT2D eigenvalue weighted by molar-refractivity contribution is -1.63. The van der Waals surface area contributed by atoms with Crippen LogP contribution in [0.25, 0.3) is 0 Å². The highest BCUT2D eigenvalue weighted by atomic mass is 35.6. The molecule has 0 heterocycles. The van der Waals surface area contributed by atoms with E-state index >= 15 is 0 Å². The Kier molecular flexibility index (Phi) is 13.7. The topological polar surface area (TPSA) is 209 Å². The standard InChI is InChI=1S/C6H16N4.2ClHO3/c1-5(2,7)9-10-6(3,4)8;2*2-1(3)4/h7-8H2,1-4H3;2*2H. The molecule has 12 heteroatoms. The third-order valence-electron chi connectivity index (χ3n) is 0.565. The predicted octanol–water partition coefficient (Wildman–Crippen LogP) is -5.04. The summed E-state index contributed by atoms with van der Waals surface area (Å²) in [6, 6.07) is 0. The molecule has 10 nitrogen and oxygen atoms in total. The summed E-state index contributed by atoms with van der Waals surface area (Å²) in [4.78, 5) is 0. The van der Waals surface area contributed by atoms with Gasteiger partial charge in [-0.3, -0.25) is 0 Å². The SMILES string of the molecule is CC(C)(N)N=NC(C)(C)N.[O-][Cl+2]([O-])O.[O-][Cl+2]([O-])O. The monoisotopic (exact) mass is 312 g/mol. The second kappa shape index (κ2) is 10.8. The van der Waals surface area contributed by atoms with Crippen LogP contribution < -0.4 is 30.1 Å². The first-order chi connectivity index (χ1) is 7.67. The zero-order valence-electron chi connectivity index (χ0n) is 10.3. The summed E-state index contributed by atoms with van der Waals surface area (Å²) < 4.78 is 47.9. The quantitative estimate of drug-likeness (QED) is 0.361. The molecule has 0 fully saturated rings. The van der Waals surface area contributed by atoms with Gasteiger partial charge in [0.05, 0.1) is 0 Å². The van der Waals surface area contributed by atoms with Gasteiger partial charge in [-0.05, 0) is 27.7 Å². The lowest BCUT2D eigenvalue weighted by Crippen LogP contribution is -2.33. The summed E-state index contributed by atoms with van der Waals surface area (Å²) >= 11 is 0. The smallest absolute Gasteiger partial charge is 0.282 e. The van der Waals surface area contributed by atoms with Gasteiger partial charge in [0, 0.05) is 9.32 Å². The first-order valence-electron chi connectivity index (χ1n) is 4.18. The summed E-state index contributed by atoms with van der Waals surface area (Å²) in [7, 11) is -5.20. The normalized spacial score (nSPS) is 12.1. The lowest BCUT2D eigenvalue weighted by atomic mass is 10.3. The molecule has 0 spiro atoms. The van der Waals surface area contributed by atoms with Crippen LogP contribution in [0.5, 0.6) is 0 Å². The van der Waals surface area contributed by atoms with E-state index in [4.69, 9.17) is 39.4 Å². The van der Waals surface area contributed by atoms with Gasteiger partial charge in [-0.25, -0.2) is 0 Å². The van der Waals surface area contributed by atoms with E-state index in [9.17, 15) is 0 Å². The second-order valence-corrected chi connectivity index (χ2v) is 4.71. The predicted molar refractivity (Wildman–Crippen MR) is 45.8 cm³/mol. The van der Waals surface area contributed by atoms with Crippen LogP contribution in [0.2, 0.25) is 0 Å². The number of rotatable bonds is 2. The minimum atomic E-state index is -2.60. The third kappa shape index (κ3) is 74.4. The van der Waals surface area contributed by atoms with Crippen LogP contribution in [-0.2, 0) is 0 Å². The summed E-state index contributed by atoms with van der Waals surface area (Å²) in [6.45, 7) is 7.06. The molecule has 0 aromatic rings. The number of azo groups is 1. The highest BCUT2D eigenvalue weighted by Crippen LogP contribution is 2.05. The van der Waals surface area contributed by atoms with E-state index in [1.54, 1.807) is 27.7 Å². The first-order valence-corrected chi connectivity index (χ1v) is 6.09. The fourth-order valence-corrected chi connectivity index (χ4v) is 0.258. The van der Waals surface area contributed by atoms with Crippen molar-refractivity contribution in [1.29, 1.82) is 0 Å². The van der Waals surface area contributed by atoms with E-state index in [0.29, 0.717) is 0 Å². The molecule has 0 saturated heterocycles. The van der Waals surface area contributed by atoms with E-state index in [2.05, 4.69) is 10.2 Å². The molecule has 0 unspecified atom stereocenters. The highest BCUT2D eigenvalue weighted by Gasteiger charge is 2.12. The van der Waals surface area contributed by atoms with E-state index < -0.39 is 32.9 Å². The summed E-state index contributed by atoms with van der Waals surface area (Å²) in [5.74, 6) is 0. The van der Waals surface area contributed by atoms with E-state index in [-0.39, 0.29) is 0 Å². The molecule has 6 N–H and O–H groups in total. The van der Waals surface area contributed by atoms with Gasteiger partial charge >= 0.3 is 0 Å². The maximum atomic E-state index is 8.52. The number of hydrogen-bond acceptors (Lipinski definition) is 10. The van der Waals surface area contributed by atoms with Gasteiger partial charge in [-0.2, -0.15) is 10.2 Å². The Balaban J connectivity index is -0.000000233. The minimum absolute atomic E-state index is 0.614. The molecule has 0 rings (SSSR count). The second-order valence-electron chi connectivity index (χ2n) is 3.91. The van der Waals surface area contributed by atoms with Crippen molar-refractivity contribution < 1.29 is 49.5 Å². The Hall–Kier alpha value is -0.140. The van der Waals surface area contributed by atoms with Crippen LogP contribution in [0, 0.1) is 21.6 Å². The van der Waals surface area contributed by atoms with Crippen LogP contribution in [0.15, 0.2) is 10.2 Å². The third-order valence-corrected chi connectivity index (χ3v) is 0.565. The van der Waals surface area contributed by atoms with Crippen molar-refractivity contribution in [3.05, 3.63) is 0 Å². The summed E-state index contributed by atoms with van der Waals surface area (Å²) in [5.41, 5.74) is 9.82. The molecule has 0 saturated carbocycles. The largest absolute Gasteiger partial charge is 0.321 e. The number of nitrogens with two attached hydrogens (primary N) is 2. The van der Waals surface area contributed by atoms with Crippen LogP contribution in [0.3, 0.4) is 0 Å². The first kappa shape index (κ1) is 23.0. The molecule has 0 radical (unpaired) electrons. The van der Waals surface area contributed by atoms with Gasteiger partial charge in [0.15, 0.2) is 0 Å². The highest BCUT2D eigenvalue weighted by molar-refractivity contribution is 4.70. The Morgan fingerprint density at radius 1 is 0.778 bits per heavy atom. The molecule has 0 aliphatic heterocycles. The van der Waals surface area contributed by atoms with E-state index in [0.717, 1.165) is 0 Å². The maximum absolute atomic E-state index is 8.52. The Morgan fingerprint density at radius 2 is 0.889 bits per heavy atom. The minimum Gasteiger partial charge on any atom is -0.321 e. The van der Waals surface area contributed by atoms with Crippen molar-refractivity contribution in [3.63, 3.8) is 0 Å².